The molecule has 1 saturated heterocycles. The zero-order valence-electron chi connectivity index (χ0n) is 14.1. The predicted molar refractivity (Wildman–Crippen MR) is 91.0 cm³/mol. The first-order valence-corrected chi connectivity index (χ1v) is 8.56. The highest BCUT2D eigenvalue weighted by Crippen LogP contribution is 2.24. The Morgan fingerprint density at radius 2 is 2.00 bits per heavy atom. The van der Waals surface area contributed by atoms with Crippen LogP contribution in [0.2, 0.25) is 0 Å². The third kappa shape index (κ3) is 3.77. The van der Waals surface area contributed by atoms with E-state index in [0.717, 1.165) is 32.0 Å². The number of hydrogen-bond acceptors (Lipinski definition) is 5. The zero-order valence-corrected chi connectivity index (χ0v) is 14.1. The van der Waals surface area contributed by atoms with Crippen LogP contribution >= 0.6 is 0 Å². The molecule has 0 spiro atoms. The lowest BCUT2D eigenvalue weighted by Gasteiger charge is -2.13. The van der Waals surface area contributed by atoms with Gasteiger partial charge in [-0.1, -0.05) is 5.16 Å². The fourth-order valence-corrected chi connectivity index (χ4v) is 3.37. The molecule has 0 radical (unpaired) electrons. The van der Waals surface area contributed by atoms with E-state index < -0.39 is 11.6 Å². The molecule has 1 unspecified atom stereocenters. The second kappa shape index (κ2) is 7.29. The first-order chi connectivity index (χ1) is 12.7. The van der Waals surface area contributed by atoms with Gasteiger partial charge in [-0.25, -0.2) is 8.78 Å². The summed E-state index contributed by atoms with van der Waals surface area (Å²) < 4.78 is 32.0. The largest absolute Gasteiger partial charge is 0.334 e. The second-order valence-electron chi connectivity index (χ2n) is 6.59. The van der Waals surface area contributed by atoms with Gasteiger partial charge in [-0.2, -0.15) is 4.98 Å². The number of likely N-dealkylation sites (tertiary alicyclic amines) is 1. The maximum Gasteiger partial charge on any atom is 0.260 e. The van der Waals surface area contributed by atoms with Crippen LogP contribution in [-0.4, -0.2) is 33.1 Å². The maximum atomic E-state index is 13.8. The Kier molecular flexibility index (Phi) is 4.71. The molecule has 134 valence electrons. The van der Waals surface area contributed by atoms with Gasteiger partial charge >= 0.3 is 0 Å². The molecule has 1 aromatic carbocycles. The van der Waals surface area contributed by atoms with Crippen LogP contribution in [0.4, 0.5) is 8.78 Å². The van der Waals surface area contributed by atoms with Crippen molar-refractivity contribution in [2.45, 2.75) is 19.4 Å². The van der Waals surface area contributed by atoms with Gasteiger partial charge in [-0.05, 0) is 55.1 Å². The van der Waals surface area contributed by atoms with Crippen LogP contribution in [0.3, 0.4) is 0 Å². The van der Waals surface area contributed by atoms with E-state index in [9.17, 15) is 8.78 Å². The summed E-state index contributed by atoms with van der Waals surface area (Å²) in [6.45, 7) is 2.47. The fourth-order valence-electron chi connectivity index (χ4n) is 3.37. The molecule has 0 bridgehead atoms. The summed E-state index contributed by atoms with van der Waals surface area (Å²) in [4.78, 5) is 10.6. The average Bonchev–Trinajstić information content (AvgIpc) is 3.26. The van der Waals surface area contributed by atoms with Crippen molar-refractivity contribution in [1.29, 1.82) is 0 Å². The van der Waals surface area contributed by atoms with Gasteiger partial charge in [0.05, 0.1) is 12.1 Å². The summed E-state index contributed by atoms with van der Waals surface area (Å²) in [5, 5.41) is 3.93. The van der Waals surface area contributed by atoms with Crippen LogP contribution in [0, 0.1) is 17.6 Å². The Morgan fingerprint density at radius 1 is 1.15 bits per heavy atom. The molecule has 4 rings (SSSR count). The normalized spacial score (nSPS) is 17.7. The Morgan fingerprint density at radius 3 is 2.81 bits per heavy atom. The monoisotopic (exact) mass is 356 g/mol. The van der Waals surface area contributed by atoms with E-state index in [1.807, 2.05) is 24.5 Å². The smallest absolute Gasteiger partial charge is 0.260 e. The van der Waals surface area contributed by atoms with Gasteiger partial charge in [0.25, 0.3) is 5.89 Å². The van der Waals surface area contributed by atoms with E-state index in [4.69, 9.17) is 4.52 Å². The molecule has 7 heteroatoms. The Bertz CT molecular complexity index is 884. The first kappa shape index (κ1) is 16.8. The minimum absolute atomic E-state index is 0.0741. The van der Waals surface area contributed by atoms with E-state index >= 15 is 0 Å². The minimum Gasteiger partial charge on any atom is -0.334 e. The van der Waals surface area contributed by atoms with Crippen molar-refractivity contribution < 1.29 is 13.3 Å². The van der Waals surface area contributed by atoms with Gasteiger partial charge in [0, 0.05) is 25.0 Å². The summed E-state index contributed by atoms with van der Waals surface area (Å²) in [6, 6.07) is 7.38. The maximum absolute atomic E-state index is 13.8. The Hall–Kier alpha value is -2.67. The highest BCUT2D eigenvalue weighted by molar-refractivity contribution is 5.53. The quantitative estimate of drug-likeness (QED) is 0.701. The predicted octanol–water partition coefficient (Wildman–Crippen LogP) is 3.47. The van der Waals surface area contributed by atoms with Crippen molar-refractivity contribution >= 4 is 0 Å². The second-order valence-corrected chi connectivity index (χ2v) is 6.59. The van der Waals surface area contributed by atoms with Gasteiger partial charge < -0.3 is 4.52 Å². The fraction of sp³-hybridized carbons (Fsp3) is 0.316. The molecular formula is C19H18F2N4O. The van der Waals surface area contributed by atoms with Crippen LogP contribution in [0.1, 0.15) is 17.8 Å². The molecule has 0 saturated carbocycles. The highest BCUT2D eigenvalue weighted by atomic mass is 19.1. The SMILES string of the molecule is Fc1ccc(-c2nc(CN3CCC(Cc4ccncc4)C3)no2)c(F)c1. The highest BCUT2D eigenvalue weighted by Gasteiger charge is 2.24. The minimum atomic E-state index is -0.709. The van der Waals surface area contributed by atoms with Gasteiger partial charge in [0.15, 0.2) is 5.82 Å². The topological polar surface area (TPSA) is 55.1 Å². The van der Waals surface area contributed by atoms with Crippen molar-refractivity contribution in [3.8, 4) is 11.5 Å². The molecule has 1 fully saturated rings. The van der Waals surface area contributed by atoms with Crippen molar-refractivity contribution in [2.75, 3.05) is 13.1 Å². The lowest BCUT2D eigenvalue weighted by atomic mass is 10.00. The summed E-state index contributed by atoms with van der Waals surface area (Å²) in [7, 11) is 0. The molecule has 0 aliphatic carbocycles. The van der Waals surface area contributed by atoms with Gasteiger partial charge in [0.1, 0.15) is 11.6 Å². The van der Waals surface area contributed by atoms with E-state index in [1.165, 1.54) is 17.7 Å². The molecule has 3 heterocycles. The third-order valence-corrected chi connectivity index (χ3v) is 4.64. The van der Waals surface area contributed by atoms with Crippen molar-refractivity contribution in [3.05, 3.63) is 65.7 Å². The molecule has 26 heavy (non-hydrogen) atoms. The third-order valence-electron chi connectivity index (χ3n) is 4.64. The van der Waals surface area contributed by atoms with Crippen molar-refractivity contribution in [1.82, 2.24) is 20.0 Å². The van der Waals surface area contributed by atoms with E-state index in [2.05, 4.69) is 20.0 Å². The van der Waals surface area contributed by atoms with Crippen molar-refractivity contribution in [2.24, 2.45) is 5.92 Å². The van der Waals surface area contributed by atoms with Crippen molar-refractivity contribution in [3.63, 3.8) is 0 Å². The number of halogens is 2. The zero-order chi connectivity index (χ0) is 17.9. The molecule has 1 aliphatic rings. The standard InChI is InChI=1S/C19H18F2N4O/c20-15-1-2-16(17(21)10-15)19-23-18(24-26-19)12-25-8-5-14(11-25)9-13-3-6-22-7-4-13/h1-4,6-7,10,14H,5,8-9,11-12H2. The summed E-state index contributed by atoms with van der Waals surface area (Å²) in [6.07, 6.45) is 5.77. The van der Waals surface area contributed by atoms with Crippen LogP contribution in [0.15, 0.2) is 47.2 Å². The lowest BCUT2D eigenvalue weighted by Crippen LogP contribution is -2.21. The van der Waals surface area contributed by atoms with Gasteiger partial charge in [-0.3, -0.25) is 9.88 Å². The van der Waals surface area contributed by atoms with E-state index in [1.54, 1.807) is 0 Å². The summed E-state index contributed by atoms with van der Waals surface area (Å²) in [5.74, 6) is -0.182. The van der Waals surface area contributed by atoms with Crippen LogP contribution < -0.4 is 0 Å². The van der Waals surface area contributed by atoms with E-state index in [-0.39, 0.29) is 11.5 Å². The number of hydrogen-bond donors (Lipinski definition) is 0. The Labute approximate surface area is 149 Å². The average molecular weight is 356 g/mol. The molecule has 2 aromatic heterocycles. The lowest BCUT2D eigenvalue weighted by molar-refractivity contribution is 0.300. The van der Waals surface area contributed by atoms with E-state index in [0.29, 0.717) is 18.3 Å². The molecule has 5 nitrogen and oxygen atoms in total. The van der Waals surface area contributed by atoms with Crippen LogP contribution in [0.25, 0.3) is 11.5 Å². The molecule has 1 atom stereocenters. The number of nitrogens with zero attached hydrogens (tertiary/aromatic N) is 4. The van der Waals surface area contributed by atoms with Gasteiger partial charge in [0.2, 0.25) is 0 Å². The van der Waals surface area contributed by atoms with Crippen LogP contribution in [-0.2, 0) is 13.0 Å². The van der Waals surface area contributed by atoms with Gasteiger partial charge in [-0.15, -0.1) is 0 Å². The molecular weight excluding hydrogens is 338 g/mol. The molecule has 1 aliphatic heterocycles. The Balaban J connectivity index is 1.37. The molecule has 3 aromatic rings. The number of benzene rings is 1. The number of rotatable bonds is 5. The molecule has 0 N–H and O–H groups in total. The van der Waals surface area contributed by atoms with Crippen LogP contribution in [0.5, 0.6) is 0 Å². The number of pyridine rings is 1. The first-order valence-electron chi connectivity index (χ1n) is 8.56. The number of aromatic nitrogens is 3. The molecule has 0 amide bonds. The summed E-state index contributed by atoms with van der Waals surface area (Å²) >= 11 is 0. The summed E-state index contributed by atoms with van der Waals surface area (Å²) in [5.41, 5.74) is 1.41.